The molecule has 62 valence electrons. The van der Waals surface area contributed by atoms with Gasteiger partial charge in [0.1, 0.15) is 0 Å². The summed E-state index contributed by atoms with van der Waals surface area (Å²) in [5.41, 5.74) is 5.98. The van der Waals surface area contributed by atoms with Gasteiger partial charge in [-0.3, -0.25) is 0 Å². The zero-order valence-corrected chi connectivity index (χ0v) is 8.33. The first-order valence-electron chi connectivity index (χ1n) is 3.88. The summed E-state index contributed by atoms with van der Waals surface area (Å²) in [6.45, 7) is 8.37. The van der Waals surface area contributed by atoms with E-state index in [2.05, 4.69) is 40.3 Å². The molecule has 0 aromatic heterocycles. The lowest BCUT2D eigenvalue weighted by Gasteiger charge is -2.39. The maximum Gasteiger partial charge on any atom is 0.0290 e. The first-order valence-corrected chi connectivity index (χ1v) is 4.33. The molecule has 0 heterocycles. The third-order valence-corrected chi connectivity index (χ3v) is 2.93. The average molecular weight is 161 g/mol. The Bertz CT molecular complexity index is 100. The highest BCUT2D eigenvalue weighted by Crippen LogP contribution is 2.31. The predicted molar refractivity (Wildman–Crippen MR) is 50.6 cm³/mol. The van der Waals surface area contributed by atoms with Crippen LogP contribution in [0.15, 0.2) is 0 Å². The number of thiol groups is 1. The second kappa shape index (κ2) is 3.14. The molecular formula is C8H19NS. The molecule has 0 aliphatic rings. The van der Waals surface area contributed by atoms with E-state index in [0.29, 0.717) is 0 Å². The van der Waals surface area contributed by atoms with Gasteiger partial charge in [0.15, 0.2) is 0 Å². The third kappa shape index (κ3) is 1.89. The molecule has 0 aliphatic heterocycles. The molecule has 1 nitrogen and oxygen atoms in total. The van der Waals surface area contributed by atoms with Crippen LogP contribution in [0, 0.1) is 0 Å². The van der Waals surface area contributed by atoms with Gasteiger partial charge >= 0.3 is 0 Å². The molecule has 10 heavy (non-hydrogen) atoms. The molecule has 0 fully saturated rings. The quantitative estimate of drug-likeness (QED) is 0.610. The summed E-state index contributed by atoms with van der Waals surface area (Å²) >= 11 is 4.47. The van der Waals surface area contributed by atoms with E-state index in [1.54, 1.807) is 0 Å². The Hall–Kier alpha value is 0.310. The second-order valence-electron chi connectivity index (χ2n) is 3.42. The fraction of sp³-hybridized carbons (Fsp3) is 1.00. The Balaban J connectivity index is 4.33. The minimum Gasteiger partial charge on any atom is -0.324 e. The summed E-state index contributed by atoms with van der Waals surface area (Å²) in [6.07, 6.45) is 1.97. The Morgan fingerprint density at radius 3 is 1.50 bits per heavy atom. The molecule has 0 saturated carbocycles. The lowest BCUT2D eigenvalue weighted by Crippen LogP contribution is -2.53. The third-order valence-electron chi connectivity index (χ3n) is 2.48. The zero-order valence-electron chi connectivity index (χ0n) is 7.44. The van der Waals surface area contributed by atoms with Crippen molar-refractivity contribution in [2.24, 2.45) is 5.73 Å². The molecule has 0 amide bonds. The van der Waals surface area contributed by atoms with E-state index < -0.39 is 0 Å². The molecule has 0 aromatic carbocycles. The van der Waals surface area contributed by atoms with Crippen molar-refractivity contribution in [3.05, 3.63) is 0 Å². The van der Waals surface area contributed by atoms with Gasteiger partial charge in [-0.25, -0.2) is 0 Å². The normalized spacial score (nSPS) is 13.8. The summed E-state index contributed by atoms with van der Waals surface area (Å²) in [4.78, 5) is 0. The predicted octanol–water partition coefficient (Wildman–Crippen LogP) is 2.21. The lowest BCUT2D eigenvalue weighted by atomic mass is 9.82. The van der Waals surface area contributed by atoms with Gasteiger partial charge in [0.2, 0.25) is 0 Å². The highest BCUT2D eigenvalue weighted by Gasteiger charge is 2.35. The minimum atomic E-state index is -0.115. The summed E-state index contributed by atoms with van der Waals surface area (Å²) in [5.74, 6) is 0. The fourth-order valence-corrected chi connectivity index (χ4v) is 1.43. The Morgan fingerprint density at radius 1 is 1.20 bits per heavy atom. The van der Waals surface area contributed by atoms with Crippen molar-refractivity contribution >= 4 is 12.6 Å². The molecule has 0 bridgehead atoms. The maximum atomic E-state index is 6.10. The Morgan fingerprint density at radius 2 is 1.50 bits per heavy atom. The van der Waals surface area contributed by atoms with Crippen LogP contribution in [-0.2, 0) is 0 Å². The van der Waals surface area contributed by atoms with Crippen LogP contribution in [0.25, 0.3) is 0 Å². The van der Waals surface area contributed by atoms with Crippen LogP contribution in [0.2, 0.25) is 0 Å². The minimum absolute atomic E-state index is 0.0729. The van der Waals surface area contributed by atoms with Gasteiger partial charge in [-0.2, -0.15) is 12.6 Å². The smallest absolute Gasteiger partial charge is 0.0290 e. The highest BCUT2D eigenvalue weighted by atomic mass is 32.1. The maximum absolute atomic E-state index is 6.10. The lowest BCUT2D eigenvalue weighted by molar-refractivity contribution is 0.321. The van der Waals surface area contributed by atoms with Crippen LogP contribution in [0.5, 0.6) is 0 Å². The second-order valence-corrected chi connectivity index (χ2v) is 4.54. The first-order chi connectivity index (χ1) is 4.37. The van der Waals surface area contributed by atoms with E-state index in [9.17, 15) is 0 Å². The first kappa shape index (κ1) is 10.3. The molecular weight excluding hydrogens is 142 g/mol. The van der Waals surface area contributed by atoms with Gasteiger partial charge < -0.3 is 5.73 Å². The number of hydrogen-bond donors (Lipinski definition) is 2. The summed E-state index contributed by atoms with van der Waals surface area (Å²) < 4.78 is -0.0729. The Kier molecular flexibility index (Phi) is 3.24. The van der Waals surface area contributed by atoms with Crippen LogP contribution in [0.1, 0.15) is 40.5 Å². The van der Waals surface area contributed by atoms with Crippen LogP contribution >= 0.6 is 12.6 Å². The molecule has 0 unspecified atom stereocenters. The monoisotopic (exact) mass is 161 g/mol. The Labute approximate surface area is 69.8 Å². The van der Waals surface area contributed by atoms with Crippen molar-refractivity contribution in [1.82, 2.24) is 0 Å². The molecule has 0 spiro atoms. The van der Waals surface area contributed by atoms with Gasteiger partial charge in [0, 0.05) is 10.3 Å². The highest BCUT2D eigenvalue weighted by molar-refractivity contribution is 7.81. The molecule has 0 atom stereocenters. The summed E-state index contributed by atoms with van der Waals surface area (Å²) in [7, 11) is 0. The largest absolute Gasteiger partial charge is 0.324 e. The van der Waals surface area contributed by atoms with Crippen molar-refractivity contribution in [2.75, 3.05) is 0 Å². The topological polar surface area (TPSA) is 26.0 Å². The standard InChI is InChI=1S/C8H19NS/c1-5-8(9,6-2)7(3,4)10/h10H,5-6,9H2,1-4H3. The van der Waals surface area contributed by atoms with Crippen molar-refractivity contribution in [1.29, 1.82) is 0 Å². The molecule has 0 saturated heterocycles. The van der Waals surface area contributed by atoms with Crippen LogP contribution in [-0.4, -0.2) is 10.3 Å². The van der Waals surface area contributed by atoms with Crippen LogP contribution < -0.4 is 5.73 Å². The van der Waals surface area contributed by atoms with Gasteiger partial charge in [0.25, 0.3) is 0 Å². The molecule has 2 N–H and O–H groups in total. The van der Waals surface area contributed by atoms with Gasteiger partial charge in [-0.15, -0.1) is 0 Å². The van der Waals surface area contributed by atoms with Gasteiger partial charge in [0.05, 0.1) is 0 Å². The van der Waals surface area contributed by atoms with E-state index in [1.165, 1.54) is 0 Å². The molecule has 0 rings (SSSR count). The van der Waals surface area contributed by atoms with Crippen molar-refractivity contribution in [3.63, 3.8) is 0 Å². The molecule has 2 heteroatoms. The average Bonchev–Trinajstić information content (AvgIpc) is 1.84. The van der Waals surface area contributed by atoms with Gasteiger partial charge in [-0.1, -0.05) is 13.8 Å². The van der Waals surface area contributed by atoms with E-state index in [4.69, 9.17) is 5.73 Å². The van der Waals surface area contributed by atoms with E-state index >= 15 is 0 Å². The van der Waals surface area contributed by atoms with E-state index in [0.717, 1.165) is 12.8 Å². The van der Waals surface area contributed by atoms with Crippen molar-refractivity contribution in [2.45, 2.75) is 50.8 Å². The summed E-state index contributed by atoms with van der Waals surface area (Å²) in [5, 5.41) is 0. The zero-order chi connectivity index (χ0) is 8.41. The van der Waals surface area contributed by atoms with Crippen molar-refractivity contribution in [3.8, 4) is 0 Å². The van der Waals surface area contributed by atoms with E-state index in [1.807, 2.05) is 0 Å². The van der Waals surface area contributed by atoms with E-state index in [-0.39, 0.29) is 10.3 Å². The molecule has 0 radical (unpaired) electrons. The van der Waals surface area contributed by atoms with Gasteiger partial charge in [-0.05, 0) is 26.7 Å². The van der Waals surface area contributed by atoms with Crippen LogP contribution in [0.3, 0.4) is 0 Å². The van der Waals surface area contributed by atoms with Crippen molar-refractivity contribution < 1.29 is 0 Å². The number of hydrogen-bond acceptors (Lipinski definition) is 2. The fourth-order valence-electron chi connectivity index (χ4n) is 1.12. The molecule has 0 aromatic rings. The SMILES string of the molecule is CCC(N)(CC)C(C)(C)S. The summed E-state index contributed by atoms with van der Waals surface area (Å²) in [6, 6.07) is 0. The number of nitrogens with two attached hydrogens (primary N) is 1. The number of rotatable bonds is 3. The molecule has 0 aliphatic carbocycles. The van der Waals surface area contributed by atoms with Crippen LogP contribution in [0.4, 0.5) is 0 Å².